The van der Waals surface area contributed by atoms with Gasteiger partial charge in [-0.25, -0.2) is 13.2 Å². The lowest BCUT2D eigenvalue weighted by atomic mass is 9.62. The SMILES string of the molecule is CC(C)(c1ccc(F)cn1)C(C)(C)c1ccc(F)c(F)c1Cl. The molecule has 1 nitrogen and oxygen atoms in total. The second-order valence-corrected chi connectivity index (χ2v) is 6.71. The molecule has 0 saturated carbocycles. The molecular formula is C17H17ClF3N. The first-order chi connectivity index (χ1) is 10.1. The van der Waals surface area contributed by atoms with E-state index < -0.39 is 28.3 Å². The molecule has 0 radical (unpaired) electrons. The molecule has 0 bridgehead atoms. The molecule has 22 heavy (non-hydrogen) atoms. The van der Waals surface area contributed by atoms with Crippen LogP contribution >= 0.6 is 11.6 Å². The van der Waals surface area contributed by atoms with Gasteiger partial charge >= 0.3 is 0 Å². The summed E-state index contributed by atoms with van der Waals surface area (Å²) in [6, 6.07) is 5.45. The minimum atomic E-state index is -1.06. The van der Waals surface area contributed by atoms with Crippen LogP contribution in [-0.2, 0) is 10.8 Å². The van der Waals surface area contributed by atoms with E-state index in [0.717, 1.165) is 12.3 Å². The highest BCUT2D eigenvalue weighted by molar-refractivity contribution is 6.31. The quantitative estimate of drug-likeness (QED) is 0.687. The van der Waals surface area contributed by atoms with Crippen LogP contribution in [0.25, 0.3) is 0 Å². The van der Waals surface area contributed by atoms with Crippen LogP contribution in [0.4, 0.5) is 13.2 Å². The molecule has 1 aromatic heterocycles. The van der Waals surface area contributed by atoms with E-state index in [1.807, 2.05) is 27.7 Å². The summed E-state index contributed by atoms with van der Waals surface area (Å²) in [6.07, 6.45) is 1.14. The van der Waals surface area contributed by atoms with Crippen LogP contribution in [0.15, 0.2) is 30.5 Å². The molecule has 2 aromatic rings. The number of aromatic nitrogens is 1. The van der Waals surface area contributed by atoms with Crippen LogP contribution in [0.1, 0.15) is 39.0 Å². The standard InChI is InChI=1S/C17H17ClF3N/c1-16(2,11-6-7-12(20)15(21)14(11)18)17(3,4)13-8-5-10(19)9-22-13/h5-9H,1-4H3. The van der Waals surface area contributed by atoms with Crippen molar-refractivity contribution in [1.29, 1.82) is 0 Å². The maximum absolute atomic E-state index is 13.8. The number of halogens is 4. The third-order valence-electron chi connectivity index (χ3n) is 4.64. The molecule has 5 heteroatoms. The molecule has 0 aliphatic rings. The first kappa shape index (κ1) is 16.8. The van der Waals surface area contributed by atoms with Gasteiger partial charge in [0.15, 0.2) is 11.6 Å². The van der Waals surface area contributed by atoms with Crippen LogP contribution in [-0.4, -0.2) is 4.98 Å². The summed E-state index contributed by atoms with van der Waals surface area (Å²) in [5.74, 6) is -2.47. The predicted molar refractivity (Wildman–Crippen MR) is 81.6 cm³/mol. The minimum absolute atomic E-state index is 0.236. The Kier molecular flexibility index (Phi) is 4.26. The monoisotopic (exact) mass is 327 g/mol. The number of benzene rings is 1. The summed E-state index contributed by atoms with van der Waals surface area (Å²) in [7, 11) is 0. The molecule has 0 N–H and O–H groups in total. The topological polar surface area (TPSA) is 12.9 Å². The van der Waals surface area contributed by atoms with E-state index in [-0.39, 0.29) is 5.02 Å². The predicted octanol–water partition coefficient (Wildman–Crippen LogP) is 5.41. The van der Waals surface area contributed by atoms with Gasteiger partial charge in [-0.2, -0.15) is 0 Å². The van der Waals surface area contributed by atoms with Gasteiger partial charge in [0.05, 0.1) is 11.2 Å². The van der Waals surface area contributed by atoms with Gasteiger partial charge in [0.25, 0.3) is 0 Å². The van der Waals surface area contributed by atoms with E-state index in [9.17, 15) is 13.2 Å². The van der Waals surface area contributed by atoms with E-state index in [2.05, 4.69) is 4.98 Å². The Morgan fingerprint density at radius 1 is 0.909 bits per heavy atom. The summed E-state index contributed by atoms with van der Waals surface area (Å²) < 4.78 is 40.2. The second kappa shape index (κ2) is 5.58. The Bertz CT molecular complexity index is 694. The summed E-state index contributed by atoms with van der Waals surface area (Å²) in [5, 5.41) is -0.236. The van der Waals surface area contributed by atoms with Crippen molar-refractivity contribution in [2.75, 3.05) is 0 Å². The second-order valence-electron chi connectivity index (χ2n) is 6.33. The molecule has 118 valence electrons. The summed E-state index contributed by atoms with van der Waals surface area (Å²) >= 11 is 6.01. The third-order valence-corrected chi connectivity index (χ3v) is 5.01. The summed E-state index contributed by atoms with van der Waals surface area (Å²) in [6.45, 7) is 7.56. The van der Waals surface area contributed by atoms with E-state index in [4.69, 9.17) is 11.6 Å². The number of hydrogen-bond acceptors (Lipinski definition) is 1. The van der Waals surface area contributed by atoms with E-state index >= 15 is 0 Å². The Labute approximate surface area is 133 Å². The van der Waals surface area contributed by atoms with Crippen LogP contribution in [0.3, 0.4) is 0 Å². The van der Waals surface area contributed by atoms with Crippen molar-refractivity contribution in [3.8, 4) is 0 Å². The molecule has 0 atom stereocenters. The van der Waals surface area contributed by atoms with Gasteiger partial charge in [0.2, 0.25) is 0 Å². The highest BCUT2D eigenvalue weighted by Crippen LogP contribution is 2.45. The normalized spacial score (nSPS) is 12.5. The molecule has 0 saturated heterocycles. The van der Waals surface area contributed by atoms with Gasteiger partial charge in [-0.1, -0.05) is 45.4 Å². The maximum Gasteiger partial charge on any atom is 0.177 e. The lowest BCUT2D eigenvalue weighted by Crippen LogP contribution is -2.41. The van der Waals surface area contributed by atoms with E-state index in [1.54, 1.807) is 6.07 Å². The fourth-order valence-corrected chi connectivity index (χ4v) is 2.80. The number of nitrogens with zero attached hydrogens (tertiary/aromatic N) is 1. The van der Waals surface area contributed by atoms with Crippen LogP contribution in [0.2, 0.25) is 5.02 Å². The summed E-state index contributed by atoms with van der Waals surface area (Å²) in [4.78, 5) is 4.13. The minimum Gasteiger partial charge on any atom is -0.258 e. The summed E-state index contributed by atoms with van der Waals surface area (Å²) in [5.41, 5.74) is -0.137. The number of hydrogen-bond donors (Lipinski definition) is 0. The third kappa shape index (κ3) is 2.60. The van der Waals surface area contributed by atoms with Gasteiger partial charge in [0, 0.05) is 16.5 Å². The van der Waals surface area contributed by atoms with Crippen molar-refractivity contribution in [2.24, 2.45) is 0 Å². The highest BCUT2D eigenvalue weighted by atomic mass is 35.5. The molecule has 0 unspecified atom stereocenters. The molecule has 0 aliphatic carbocycles. The average Bonchev–Trinajstić information content (AvgIpc) is 2.45. The fraction of sp³-hybridized carbons (Fsp3) is 0.353. The molecular weight excluding hydrogens is 311 g/mol. The van der Waals surface area contributed by atoms with E-state index in [0.29, 0.717) is 11.3 Å². The molecule has 1 aromatic carbocycles. The fourth-order valence-electron chi connectivity index (χ4n) is 2.41. The Hall–Kier alpha value is -1.55. The Morgan fingerprint density at radius 3 is 2.09 bits per heavy atom. The van der Waals surface area contributed by atoms with Gasteiger partial charge in [0.1, 0.15) is 5.82 Å². The first-order valence-electron chi connectivity index (χ1n) is 6.85. The van der Waals surface area contributed by atoms with Gasteiger partial charge < -0.3 is 0 Å². The number of pyridine rings is 1. The first-order valence-corrected chi connectivity index (χ1v) is 7.23. The van der Waals surface area contributed by atoms with Crippen molar-refractivity contribution in [2.45, 2.75) is 38.5 Å². The largest absolute Gasteiger partial charge is 0.258 e. The molecule has 0 spiro atoms. The van der Waals surface area contributed by atoms with Crippen LogP contribution in [0, 0.1) is 17.5 Å². The Balaban J connectivity index is 2.57. The van der Waals surface area contributed by atoms with Crippen molar-refractivity contribution in [1.82, 2.24) is 4.98 Å². The van der Waals surface area contributed by atoms with Crippen molar-refractivity contribution >= 4 is 11.6 Å². The molecule has 2 rings (SSSR count). The van der Waals surface area contributed by atoms with E-state index in [1.165, 1.54) is 12.1 Å². The van der Waals surface area contributed by atoms with Gasteiger partial charge in [-0.15, -0.1) is 0 Å². The van der Waals surface area contributed by atoms with Gasteiger partial charge in [-0.3, -0.25) is 4.98 Å². The zero-order chi connectivity index (χ0) is 16.7. The molecule has 1 heterocycles. The molecule has 0 aliphatic heterocycles. The zero-order valence-electron chi connectivity index (χ0n) is 12.8. The lowest BCUT2D eigenvalue weighted by molar-refractivity contribution is 0.293. The van der Waals surface area contributed by atoms with Crippen molar-refractivity contribution in [3.05, 3.63) is 64.2 Å². The lowest BCUT2D eigenvalue weighted by Gasteiger charge is -2.42. The maximum atomic E-state index is 13.8. The zero-order valence-corrected chi connectivity index (χ0v) is 13.6. The average molecular weight is 328 g/mol. The van der Waals surface area contributed by atoms with Crippen LogP contribution in [0.5, 0.6) is 0 Å². The number of rotatable bonds is 3. The Morgan fingerprint density at radius 2 is 1.55 bits per heavy atom. The molecule has 0 fully saturated rings. The van der Waals surface area contributed by atoms with Crippen molar-refractivity contribution < 1.29 is 13.2 Å². The van der Waals surface area contributed by atoms with Gasteiger partial charge in [-0.05, 0) is 23.8 Å². The van der Waals surface area contributed by atoms with Crippen LogP contribution < -0.4 is 0 Å². The van der Waals surface area contributed by atoms with Crippen molar-refractivity contribution in [3.63, 3.8) is 0 Å². The smallest absolute Gasteiger partial charge is 0.177 e. The molecule has 0 amide bonds. The highest BCUT2D eigenvalue weighted by Gasteiger charge is 2.42.